The van der Waals surface area contributed by atoms with Crippen LogP contribution in [0.4, 0.5) is 0 Å². The van der Waals surface area contributed by atoms with E-state index in [2.05, 4.69) is 0 Å². The second-order valence-corrected chi connectivity index (χ2v) is 5.88. The van der Waals surface area contributed by atoms with Crippen molar-refractivity contribution in [2.24, 2.45) is 0 Å². The quantitative estimate of drug-likeness (QED) is 0.393. The molecule has 0 atom stereocenters. The van der Waals surface area contributed by atoms with Crippen molar-refractivity contribution in [2.45, 2.75) is 96.3 Å². The summed E-state index contributed by atoms with van der Waals surface area (Å²) in [5, 5.41) is 17.0. The van der Waals surface area contributed by atoms with E-state index in [-0.39, 0.29) is 0 Å². The molecule has 0 aliphatic rings. The van der Waals surface area contributed by atoms with Gasteiger partial charge in [0.15, 0.2) is 0 Å². The summed E-state index contributed by atoms with van der Waals surface area (Å²) in [5.41, 5.74) is 0. The van der Waals surface area contributed by atoms with Gasteiger partial charge in [0.25, 0.3) is 0 Å². The molecule has 0 aliphatic heterocycles. The van der Waals surface area contributed by atoms with Crippen molar-refractivity contribution in [3.63, 3.8) is 0 Å². The van der Waals surface area contributed by atoms with Crippen LogP contribution >= 0.6 is 0 Å². The fourth-order valence-corrected chi connectivity index (χ4v) is 2.50. The van der Waals surface area contributed by atoms with Crippen LogP contribution in [0.3, 0.4) is 0 Å². The zero-order valence-corrected chi connectivity index (χ0v) is 13.3. The van der Waals surface area contributed by atoms with Crippen LogP contribution in [0.15, 0.2) is 0 Å². The Kier molecular flexibility index (Phi) is 14.6. The normalized spacial score (nSPS) is 10.7. The van der Waals surface area contributed by atoms with Gasteiger partial charge in [-0.25, -0.2) is 0 Å². The molecule has 2 N–H and O–H groups in total. The van der Waals surface area contributed by atoms with Crippen molar-refractivity contribution < 1.29 is 19.8 Å². The van der Waals surface area contributed by atoms with E-state index in [9.17, 15) is 9.59 Å². The van der Waals surface area contributed by atoms with Crippen molar-refractivity contribution in [2.75, 3.05) is 0 Å². The second-order valence-electron chi connectivity index (χ2n) is 5.88. The monoisotopic (exact) mass is 300 g/mol. The van der Waals surface area contributed by atoms with Crippen LogP contribution in [0.1, 0.15) is 96.3 Å². The Morgan fingerprint density at radius 2 is 0.619 bits per heavy atom. The molecule has 124 valence electrons. The maximum Gasteiger partial charge on any atom is 0.303 e. The molecule has 0 saturated carbocycles. The van der Waals surface area contributed by atoms with Gasteiger partial charge in [-0.2, -0.15) is 0 Å². The lowest BCUT2D eigenvalue weighted by molar-refractivity contribution is -0.138. The van der Waals surface area contributed by atoms with Crippen LogP contribution in [0.5, 0.6) is 0 Å². The minimum Gasteiger partial charge on any atom is -0.481 e. The predicted octanol–water partition coefficient (Wildman–Crippen LogP) is 5.01. The molecule has 4 nitrogen and oxygen atoms in total. The molecular formula is C17H32O4. The fourth-order valence-electron chi connectivity index (χ4n) is 2.50. The third-order valence-electron chi connectivity index (χ3n) is 3.78. The van der Waals surface area contributed by atoms with Crippen molar-refractivity contribution in [1.82, 2.24) is 0 Å². The Hall–Kier alpha value is -1.06. The number of carboxylic acid groups (broad SMARTS) is 2. The molecule has 0 spiro atoms. The lowest BCUT2D eigenvalue weighted by Crippen LogP contribution is -1.93. The van der Waals surface area contributed by atoms with Gasteiger partial charge in [-0.15, -0.1) is 0 Å². The average Bonchev–Trinajstić information content (AvgIpc) is 2.42. The van der Waals surface area contributed by atoms with Gasteiger partial charge in [-0.1, -0.05) is 70.6 Å². The van der Waals surface area contributed by atoms with Crippen LogP contribution in [0.2, 0.25) is 0 Å². The Labute approximate surface area is 128 Å². The first kappa shape index (κ1) is 19.9. The standard InChI is InChI=1S/C17H32O4/c18-16(19)14-12-10-8-6-4-2-1-3-5-7-9-11-13-15-17(20)21/h1-15H2,(H,18,19)(H,20,21). The highest BCUT2D eigenvalue weighted by atomic mass is 16.4. The SMILES string of the molecule is O=C(O)CCCCCCCCCCCCCCCC(=O)O. The molecule has 0 aromatic carbocycles. The van der Waals surface area contributed by atoms with E-state index in [0.29, 0.717) is 12.8 Å². The van der Waals surface area contributed by atoms with E-state index < -0.39 is 11.9 Å². The summed E-state index contributed by atoms with van der Waals surface area (Å²) in [6.07, 6.45) is 15.5. The lowest BCUT2D eigenvalue weighted by Gasteiger charge is -2.02. The summed E-state index contributed by atoms with van der Waals surface area (Å²) in [4.78, 5) is 20.6. The minimum absolute atomic E-state index is 0.312. The first-order chi connectivity index (χ1) is 10.1. The summed E-state index contributed by atoms with van der Waals surface area (Å²) in [7, 11) is 0. The fraction of sp³-hybridized carbons (Fsp3) is 0.882. The van der Waals surface area contributed by atoms with E-state index in [1.165, 1.54) is 44.9 Å². The molecule has 0 saturated heterocycles. The maximum atomic E-state index is 10.3. The number of carboxylic acids is 2. The van der Waals surface area contributed by atoms with Crippen molar-refractivity contribution in [1.29, 1.82) is 0 Å². The molecule has 0 bridgehead atoms. The van der Waals surface area contributed by atoms with E-state index in [0.717, 1.165) is 38.5 Å². The zero-order chi connectivity index (χ0) is 15.8. The van der Waals surface area contributed by atoms with Gasteiger partial charge in [0.05, 0.1) is 0 Å². The Bertz CT molecular complexity index is 238. The Morgan fingerprint density at radius 1 is 0.429 bits per heavy atom. The van der Waals surface area contributed by atoms with Gasteiger partial charge in [0, 0.05) is 12.8 Å². The summed E-state index contributed by atoms with van der Waals surface area (Å²) >= 11 is 0. The number of hydrogen-bond donors (Lipinski definition) is 2. The molecule has 0 amide bonds. The smallest absolute Gasteiger partial charge is 0.303 e. The topological polar surface area (TPSA) is 74.6 Å². The molecular weight excluding hydrogens is 268 g/mol. The highest BCUT2D eigenvalue weighted by Gasteiger charge is 1.98. The molecule has 21 heavy (non-hydrogen) atoms. The maximum absolute atomic E-state index is 10.3. The van der Waals surface area contributed by atoms with Crippen molar-refractivity contribution in [3.05, 3.63) is 0 Å². The Balaban J connectivity index is 2.99. The third-order valence-corrected chi connectivity index (χ3v) is 3.78. The van der Waals surface area contributed by atoms with Crippen molar-refractivity contribution >= 4 is 11.9 Å². The van der Waals surface area contributed by atoms with Gasteiger partial charge in [0.1, 0.15) is 0 Å². The summed E-state index contributed by atoms with van der Waals surface area (Å²) < 4.78 is 0. The number of aliphatic carboxylic acids is 2. The predicted molar refractivity (Wildman–Crippen MR) is 84.5 cm³/mol. The average molecular weight is 300 g/mol. The van der Waals surface area contributed by atoms with Crippen LogP contribution in [0.25, 0.3) is 0 Å². The second kappa shape index (κ2) is 15.3. The third kappa shape index (κ3) is 18.9. The van der Waals surface area contributed by atoms with Gasteiger partial charge < -0.3 is 10.2 Å². The number of rotatable bonds is 16. The summed E-state index contributed by atoms with van der Waals surface area (Å²) in [6, 6.07) is 0. The van der Waals surface area contributed by atoms with Crippen molar-refractivity contribution in [3.8, 4) is 0 Å². The van der Waals surface area contributed by atoms with Gasteiger partial charge in [0.2, 0.25) is 0 Å². The van der Waals surface area contributed by atoms with Crippen LogP contribution in [-0.4, -0.2) is 22.2 Å². The lowest BCUT2D eigenvalue weighted by atomic mass is 10.0. The molecule has 0 heterocycles. The summed E-state index contributed by atoms with van der Waals surface area (Å²) in [6.45, 7) is 0. The first-order valence-corrected chi connectivity index (χ1v) is 8.56. The first-order valence-electron chi connectivity index (χ1n) is 8.56. The van der Waals surface area contributed by atoms with Crippen LogP contribution in [-0.2, 0) is 9.59 Å². The van der Waals surface area contributed by atoms with E-state index in [4.69, 9.17) is 10.2 Å². The Morgan fingerprint density at radius 3 is 0.810 bits per heavy atom. The van der Waals surface area contributed by atoms with E-state index >= 15 is 0 Å². The summed E-state index contributed by atoms with van der Waals surface area (Å²) in [5.74, 6) is -1.36. The molecule has 0 aliphatic carbocycles. The highest BCUT2D eigenvalue weighted by molar-refractivity contribution is 5.66. The van der Waals surface area contributed by atoms with Crippen LogP contribution in [0, 0.1) is 0 Å². The van der Waals surface area contributed by atoms with E-state index in [1.807, 2.05) is 0 Å². The van der Waals surface area contributed by atoms with Crippen LogP contribution < -0.4 is 0 Å². The number of hydrogen-bond acceptors (Lipinski definition) is 2. The molecule has 0 radical (unpaired) electrons. The van der Waals surface area contributed by atoms with E-state index in [1.54, 1.807) is 0 Å². The molecule has 0 unspecified atom stereocenters. The van der Waals surface area contributed by atoms with Gasteiger partial charge in [-0.3, -0.25) is 9.59 Å². The number of unbranched alkanes of at least 4 members (excludes halogenated alkanes) is 12. The van der Waals surface area contributed by atoms with Gasteiger partial charge >= 0.3 is 11.9 Å². The molecule has 0 rings (SSSR count). The van der Waals surface area contributed by atoms with Gasteiger partial charge in [-0.05, 0) is 12.8 Å². The highest BCUT2D eigenvalue weighted by Crippen LogP contribution is 2.13. The molecule has 0 aromatic heterocycles. The zero-order valence-electron chi connectivity index (χ0n) is 13.3. The molecule has 0 aromatic rings. The number of carbonyl (C=O) groups is 2. The molecule has 0 fully saturated rings. The molecule has 4 heteroatoms. The minimum atomic E-state index is -0.682. The largest absolute Gasteiger partial charge is 0.481 e.